The van der Waals surface area contributed by atoms with Crippen LogP contribution in [0.2, 0.25) is 0 Å². The molecule has 0 heterocycles. The van der Waals surface area contributed by atoms with Crippen molar-refractivity contribution in [1.29, 1.82) is 0 Å². The van der Waals surface area contributed by atoms with Gasteiger partial charge in [0.05, 0.1) is 26.7 Å². The van der Waals surface area contributed by atoms with Crippen LogP contribution in [0.4, 0.5) is 0 Å². The van der Waals surface area contributed by atoms with E-state index in [2.05, 4.69) is 0 Å². The molecule has 0 aliphatic heterocycles. The van der Waals surface area contributed by atoms with E-state index in [1.165, 1.54) is 7.11 Å². The molecule has 0 saturated carbocycles. The monoisotopic (exact) mass is 344 g/mol. The van der Waals surface area contributed by atoms with Gasteiger partial charge in [0.1, 0.15) is 5.75 Å². The Morgan fingerprint density at radius 2 is 1.84 bits per heavy atom. The van der Waals surface area contributed by atoms with Crippen molar-refractivity contribution in [2.75, 3.05) is 20.8 Å². The van der Waals surface area contributed by atoms with E-state index in [0.717, 1.165) is 17.7 Å². The summed E-state index contributed by atoms with van der Waals surface area (Å²) in [5, 5.41) is 9.69. The second-order valence-electron chi connectivity index (χ2n) is 5.71. The number of carbonyl (C=O) groups is 1. The first-order valence-electron chi connectivity index (χ1n) is 8.25. The summed E-state index contributed by atoms with van der Waals surface area (Å²) in [6, 6.07) is 12.8. The number of benzene rings is 2. The molecule has 1 N–H and O–H groups in total. The molecule has 134 valence electrons. The first-order valence-corrected chi connectivity index (χ1v) is 8.25. The van der Waals surface area contributed by atoms with Gasteiger partial charge in [-0.25, -0.2) is 0 Å². The van der Waals surface area contributed by atoms with E-state index in [0.29, 0.717) is 30.1 Å². The summed E-state index contributed by atoms with van der Waals surface area (Å²) in [5.74, 6) is 0.292. The first kappa shape index (κ1) is 18.6. The van der Waals surface area contributed by atoms with Crippen molar-refractivity contribution >= 4 is 5.97 Å². The molecule has 1 unspecified atom stereocenters. The lowest BCUT2D eigenvalue weighted by Gasteiger charge is -2.16. The van der Waals surface area contributed by atoms with Gasteiger partial charge in [0.2, 0.25) is 0 Å². The predicted molar refractivity (Wildman–Crippen MR) is 95.9 cm³/mol. The fourth-order valence-corrected chi connectivity index (χ4v) is 2.64. The highest BCUT2D eigenvalue weighted by Gasteiger charge is 2.22. The van der Waals surface area contributed by atoms with Crippen molar-refractivity contribution in [2.45, 2.75) is 25.7 Å². The van der Waals surface area contributed by atoms with E-state index < -0.39 is 11.9 Å². The summed E-state index contributed by atoms with van der Waals surface area (Å²) < 4.78 is 16.1. The van der Waals surface area contributed by atoms with Gasteiger partial charge in [-0.1, -0.05) is 25.1 Å². The van der Waals surface area contributed by atoms with Crippen LogP contribution >= 0.6 is 0 Å². The molecule has 0 aromatic heterocycles. The number of ether oxygens (including phenoxy) is 3. The van der Waals surface area contributed by atoms with Crippen LogP contribution in [0.25, 0.3) is 0 Å². The van der Waals surface area contributed by atoms with E-state index in [1.807, 2.05) is 31.2 Å². The minimum Gasteiger partial charge on any atom is -0.494 e. The summed E-state index contributed by atoms with van der Waals surface area (Å²) in [4.78, 5) is 11.8. The Labute approximate surface area is 148 Å². The molecule has 0 aliphatic rings. The zero-order valence-electron chi connectivity index (χ0n) is 14.8. The van der Waals surface area contributed by atoms with Gasteiger partial charge in [-0.05, 0) is 48.2 Å². The van der Waals surface area contributed by atoms with Crippen LogP contribution in [0.3, 0.4) is 0 Å². The van der Waals surface area contributed by atoms with Crippen molar-refractivity contribution in [1.82, 2.24) is 0 Å². The number of hydrogen-bond donors (Lipinski definition) is 1. The number of methoxy groups -OCH3 is 2. The van der Waals surface area contributed by atoms with Crippen molar-refractivity contribution in [3.8, 4) is 17.2 Å². The van der Waals surface area contributed by atoms with Crippen LogP contribution in [-0.4, -0.2) is 31.9 Å². The van der Waals surface area contributed by atoms with Gasteiger partial charge >= 0.3 is 5.97 Å². The maximum atomic E-state index is 11.8. The molecule has 5 heteroatoms. The average Bonchev–Trinajstić information content (AvgIpc) is 2.64. The molecule has 0 aliphatic carbocycles. The zero-order chi connectivity index (χ0) is 18.2. The Morgan fingerprint density at radius 1 is 1.08 bits per heavy atom. The number of carboxylic acids is 1. The lowest BCUT2D eigenvalue weighted by atomic mass is 9.91. The maximum Gasteiger partial charge on any atom is 0.311 e. The third-order valence-corrected chi connectivity index (χ3v) is 3.92. The van der Waals surface area contributed by atoms with E-state index in [4.69, 9.17) is 14.2 Å². The van der Waals surface area contributed by atoms with Crippen molar-refractivity contribution in [3.05, 3.63) is 53.6 Å². The Kier molecular flexibility index (Phi) is 6.69. The van der Waals surface area contributed by atoms with Crippen LogP contribution in [-0.2, 0) is 11.2 Å². The lowest BCUT2D eigenvalue weighted by Crippen LogP contribution is -2.14. The number of hydrogen-bond acceptors (Lipinski definition) is 4. The summed E-state index contributed by atoms with van der Waals surface area (Å²) in [6.45, 7) is 2.68. The largest absolute Gasteiger partial charge is 0.494 e. The SMILES string of the molecule is CCCOc1cccc(CC(C(=O)O)c2ccc(OC)c(OC)c2)c1. The van der Waals surface area contributed by atoms with Gasteiger partial charge in [-0.3, -0.25) is 4.79 Å². The van der Waals surface area contributed by atoms with E-state index in [-0.39, 0.29) is 0 Å². The van der Waals surface area contributed by atoms with Crippen LogP contribution in [0.1, 0.15) is 30.4 Å². The molecule has 25 heavy (non-hydrogen) atoms. The summed E-state index contributed by atoms with van der Waals surface area (Å²) in [6.07, 6.45) is 1.29. The molecule has 1 atom stereocenters. The number of rotatable bonds is 9. The normalized spacial score (nSPS) is 11.6. The molecular weight excluding hydrogens is 320 g/mol. The van der Waals surface area contributed by atoms with Crippen molar-refractivity contribution in [3.63, 3.8) is 0 Å². The molecule has 2 aromatic carbocycles. The Hall–Kier alpha value is -2.69. The van der Waals surface area contributed by atoms with Gasteiger partial charge < -0.3 is 19.3 Å². The molecule has 0 spiro atoms. The second-order valence-corrected chi connectivity index (χ2v) is 5.71. The van der Waals surface area contributed by atoms with Crippen LogP contribution in [0.5, 0.6) is 17.2 Å². The number of aliphatic carboxylic acids is 1. The van der Waals surface area contributed by atoms with Gasteiger partial charge in [-0.2, -0.15) is 0 Å². The Morgan fingerprint density at radius 3 is 2.48 bits per heavy atom. The van der Waals surface area contributed by atoms with Gasteiger partial charge in [0, 0.05) is 0 Å². The standard InChI is InChI=1S/C20H24O5/c1-4-10-25-16-7-5-6-14(11-16)12-17(20(21)22)15-8-9-18(23-2)19(13-15)24-3/h5-9,11,13,17H,4,10,12H2,1-3H3,(H,21,22). The molecule has 0 fully saturated rings. The summed E-state index contributed by atoms with van der Waals surface area (Å²) in [5.41, 5.74) is 1.58. The van der Waals surface area contributed by atoms with Crippen molar-refractivity contribution < 1.29 is 24.1 Å². The maximum absolute atomic E-state index is 11.8. The Bertz CT molecular complexity index is 711. The smallest absolute Gasteiger partial charge is 0.311 e. The van der Waals surface area contributed by atoms with Crippen LogP contribution in [0, 0.1) is 0 Å². The van der Waals surface area contributed by atoms with Crippen molar-refractivity contribution in [2.24, 2.45) is 0 Å². The molecule has 0 amide bonds. The van der Waals surface area contributed by atoms with Crippen LogP contribution in [0.15, 0.2) is 42.5 Å². The molecular formula is C20H24O5. The molecule has 0 bridgehead atoms. The van der Waals surface area contributed by atoms with Gasteiger partial charge in [0.15, 0.2) is 11.5 Å². The summed E-state index contributed by atoms with van der Waals surface area (Å²) >= 11 is 0. The molecule has 5 nitrogen and oxygen atoms in total. The first-order chi connectivity index (χ1) is 12.1. The third-order valence-electron chi connectivity index (χ3n) is 3.92. The van der Waals surface area contributed by atoms with Gasteiger partial charge in [-0.15, -0.1) is 0 Å². The minimum atomic E-state index is -0.882. The van der Waals surface area contributed by atoms with E-state index in [1.54, 1.807) is 25.3 Å². The highest BCUT2D eigenvalue weighted by molar-refractivity contribution is 5.77. The quantitative estimate of drug-likeness (QED) is 0.747. The highest BCUT2D eigenvalue weighted by atomic mass is 16.5. The number of carboxylic acid groups (broad SMARTS) is 1. The molecule has 0 radical (unpaired) electrons. The molecule has 2 rings (SSSR count). The van der Waals surface area contributed by atoms with E-state index in [9.17, 15) is 9.90 Å². The minimum absolute atomic E-state index is 0.369. The predicted octanol–water partition coefficient (Wildman–Crippen LogP) is 3.90. The third kappa shape index (κ3) is 4.89. The molecule has 0 saturated heterocycles. The Balaban J connectivity index is 2.26. The highest BCUT2D eigenvalue weighted by Crippen LogP contribution is 2.32. The van der Waals surface area contributed by atoms with E-state index >= 15 is 0 Å². The lowest BCUT2D eigenvalue weighted by molar-refractivity contribution is -0.138. The van der Waals surface area contributed by atoms with Crippen LogP contribution < -0.4 is 14.2 Å². The zero-order valence-corrected chi connectivity index (χ0v) is 14.8. The fraction of sp³-hybridized carbons (Fsp3) is 0.350. The fourth-order valence-electron chi connectivity index (χ4n) is 2.64. The second kappa shape index (κ2) is 8.97. The molecule has 2 aromatic rings. The average molecular weight is 344 g/mol. The topological polar surface area (TPSA) is 65.0 Å². The summed E-state index contributed by atoms with van der Waals surface area (Å²) in [7, 11) is 3.08. The van der Waals surface area contributed by atoms with Gasteiger partial charge in [0.25, 0.3) is 0 Å².